The van der Waals surface area contributed by atoms with Crippen molar-refractivity contribution in [2.24, 2.45) is 0 Å². The number of nitrogens with one attached hydrogen (secondary N) is 2. The molecule has 1 unspecified atom stereocenters. The maximum Gasteiger partial charge on any atom is 0.317 e. The van der Waals surface area contributed by atoms with Crippen LogP contribution in [0.4, 0.5) is 4.79 Å². The Morgan fingerprint density at radius 1 is 1.58 bits per heavy atom. The SMILES string of the molecule is O=C(O)CC1CCCN1C(=O)NCCc1cnc[nH]1. The molecule has 1 aliphatic heterocycles. The fourth-order valence-electron chi connectivity index (χ4n) is 2.34. The van der Waals surface area contributed by atoms with Crippen LogP contribution in [0.25, 0.3) is 0 Å². The molecule has 0 bridgehead atoms. The van der Waals surface area contributed by atoms with Crippen molar-refractivity contribution in [1.29, 1.82) is 0 Å². The Labute approximate surface area is 111 Å². The van der Waals surface area contributed by atoms with Crippen LogP contribution >= 0.6 is 0 Å². The second-order valence-electron chi connectivity index (χ2n) is 4.65. The molecule has 7 nitrogen and oxygen atoms in total. The van der Waals surface area contributed by atoms with Crippen molar-refractivity contribution in [3.8, 4) is 0 Å². The van der Waals surface area contributed by atoms with Gasteiger partial charge in [0.2, 0.25) is 0 Å². The highest BCUT2D eigenvalue weighted by Crippen LogP contribution is 2.19. The molecule has 1 aromatic rings. The van der Waals surface area contributed by atoms with Crippen LogP contribution < -0.4 is 5.32 Å². The average Bonchev–Trinajstić information content (AvgIpc) is 2.99. The minimum atomic E-state index is -0.859. The maximum atomic E-state index is 12.0. The standard InChI is InChI=1S/C12H18N4O3/c17-11(18)6-10-2-1-5-16(10)12(19)14-4-3-9-7-13-8-15-9/h7-8,10H,1-6H2,(H,13,15)(H,14,19)(H,17,18). The summed E-state index contributed by atoms with van der Waals surface area (Å²) in [7, 11) is 0. The number of nitrogens with zero attached hydrogens (tertiary/aromatic N) is 2. The number of hydrogen-bond donors (Lipinski definition) is 3. The molecule has 1 saturated heterocycles. The third-order valence-electron chi connectivity index (χ3n) is 3.27. The summed E-state index contributed by atoms with van der Waals surface area (Å²) >= 11 is 0. The quantitative estimate of drug-likeness (QED) is 0.726. The van der Waals surface area contributed by atoms with E-state index in [0.29, 0.717) is 19.5 Å². The number of amides is 2. The van der Waals surface area contributed by atoms with Gasteiger partial charge < -0.3 is 20.3 Å². The summed E-state index contributed by atoms with van der Waals surface area (Å²) in [5.41, 5.74) is 0.962. The van der Waals surface area contributed by atoms with Crippen LogP contribution in [0.2, 0.25) is 0 Å². The zero-order chi connectivity index (χ0) is 13.7. The van der Waals surface area contributed by atoms with Crippen molar-refractivity contribution in [3.05, 3.63) is 18.2 Å². The Hall–Kier alpha value is -2.05. The van der Waals surface area contributed by atoms with Gasteiger partial charge in [-0.3, -0.25) is 4.79 Å². The van der Waals surface area contributed by atoms with Crippen LogP contribution in [0.15, 0.2) is 12.5 Å². The van der Waals surface area contributed by atoms with E-state index in [-0.39, 0.29) is 18.5 Å². The van der Waals surface area contributed by atoms with E-state index in [4.69, 9.17) is 5.11 Å². The van der Waals surface area contributed by atoms with Crippen molar-refractivity contribution in [2.45, 2.75) is 31.7 Å². The fraction of sp³-hybridized carbons (Fsp3) is 0.583. The average molecular weight is 266 g/mol. The van der Waals surface area contributed by atoms with Crippen LogP contribution in [-0.2, 0) is 11.2 Å². The van der Waals surface area contributed by atoms with Gasteiger partial charge in [0.05, 0.1) is 12.7 Å². The Morgan fingerprint density at radius 3 is 3.11 bits per heavy atom. The zero-order valence-electron chi connectivity index (χ0n) is 10.6. The smallest absolute Gasteiger partial charge is 0.317 e. The monoisotopic (exact) mass is 266 g/mol. The number of carbonyl (C=O) groups excluding carboxylic acids is 1. The number of imidazole rings is 1. The maximum absolute atomic E-state index is 12.0. The minimum absolute atomic E-state index is 0.0218. The first kappa shape index (κ1) is 13.4. The molecule has 1 atom stereocenters. The summed E-state index contributed by atoms with van der Waals surface area (Å²) in [6, 6.07) is -0.354. The molecule has 0 aromatic carbocycles. The van der Waals surface area contributed by atoms with Crippen molar-refractivity contribution in [1.82, 2.24) is 20.2 Å². The molecule has 0 spiro atoms. The predicted octanol–water partition coefficient (Wildman–Crippen LogP) is 0.601. The molecule has 19 heavy (non-hydrogen) atoms. The molecule has 0 saturated carbocycles. The van der Waals surface area contributed by atoms with Crippen LogP contribution in [0.5, 0.6) is 0 Å². The van der Waals surface area contributed by atoms with Crippen LogP contribution in [0.1, 0.15) is 25.0 Å². The van der Waals surface area contributed by atoms with E-state index in [9.17, 15) is 9.59 Å². The summed E-state index contributed by atoms with van der Waals surface area (Å²) in [5, 5.41) is 11.6. The minimum Gasteiger partial charge on any atom is -0.481 e. The van der Waals surface area contributed by atoms with Crippen LogP contribution in [0.3, 0.4) is 0 Å². The second-order valence-corrected chi connectivity index (χ2v) is 4.65. The molecular formula is C12H18N4O3. The van der Waals surface area contributed by atoms with Crippen LogP contribution in [-0.4, -0.2) is 51.1 Å². The van der Waals surface area contributed by atoms with Gasteiger partial charge in [0.25, 0.3) is 0 Å². The van der Waals surface area contributed by atoms with Crippen molar-refractivity contribution in [3.63, 3.8) is 0 Å². The third-order valence-corrected chi connectivity index (χ3v) is 3.27. The normalized spacial score (nSPS) is 18.5. The first-order valence-electron chi connectivity index (χ1n) is 6.40. The molecule has 0 aliphatic carbocycles. The number of aromatic amines is 1. The number of likely N-dealkylation sites (tertiary alicyclic amines) is 1. The fourth-order valence-corrected chi connectivity index (χ4v) is 2.34. The molecular weight excluding hydrogens is 248 g/mol. The summed E-state index contributed by atoms with van der Waals surface area (Å²) < 4.78 is 0. The topological polar surface area (TPSA) is 98.3 Å². The summed E-state index contributed by atoms with van der Waals surface area (Å²) in [6.45, 7) is 1.14. The van der Waals surface area contributed by atoms with E-state index in [0.717, 1.165) is 18.5 Å². The van der Waals surface area contributed by atoms with Gasteiger partial charge in [-0.2, -0.15) is 0 Å². The van der Waals surface area contributed by atoms with E-state index in [1.807, 2.05) is 0 Å². The number of carboxylic acids is 1. The number of urea groups is 1. The third kappa shape index (κ3) is 3.70. The summed E-state index contributed by atoms with van der Waals surface area (Å²) in [5.74, 6) is -0.859. The zero-order valence-corrected chi connectivity index (χ0v) is 10.6. The van der Waals surface area contributed by atoms with Gasteiger partial charge in [-0.15, -0.1) is 0 Å². The summed E-state index contributed by atoms with van der Waals surface area (Å²) in [6.07, 6.45) is 5.65. The van der Waals surface area contributed by atoms with E-state index in [1.165, 1.54) is 0 Å². The highest BCUT2D eigenvalue weighted by atomic mass is 16.4. The van der Waals surface area contributed by atoms with Crippen molar-refractivity contribution < 1.29 is 14.7 Å². The Balaban J connectivity index is 1.77. The molecule has 2 amide bonds. The number of aromatic nitrogens is 2. The van der Waals surface area contributed by atoms with Gasteiger partial charge in [0.15, 0.2) is 0 Å². The lowest BCUT2D eigenvalue weighted by Crippen LogP contribution is -2.44. The number of hydrogen-bond acceptors (Lipinski definition) is 3. The van der Waals surface area contributed by atoms with E-state index < -0.39 is 5.97 Å². The Bertz CT molecular complexity index is 432. The molecule has 3 N–H and O–H groups in total. The number of rotatable bonds is 5. The highest BCUT2D eigenvalue weighted by Gasteiger charge is 2.30. The van der Waals surface area contributed by atoms with Gasteiger partial charge >= 0.3 is 12.0 Å². The number of H-pyrrole nitrogens is 1. The number of carbonyl (C=O) groups is 2. The molecule has 1 fully saturated rings. The van der Waals surface area contributed by atoms with E-state index >= 15 is 0 Å². The summed E-state index contributed by atoms with van der Waals surface area (Å²) in [4.78, 5) is 31.2. The largest absolute Gasteiger partial charge is 0.481 e. The van der Waals surface area contributed by atoms with Crippen molar-refractivity contribution >= 4 is 12.0 Å². The second kappa shape index (κ2) is 6.21. The van der Waals surface area contributed by atoms with E-state index in [1.54, 1.807) is 17.4 Å². The number of carboxylic acid groups (broad SMARTS) is 1. The lowest BCUT2D eigenvalue weighted by Gasteiger charge is -2.23. The van der Waals surface area contributed by atoms with Gasteiger partial charge in [0, 0.05) is 37.4 Å². The molecule has 1 aromatic heterocycles. The highest BCUT2D eigenvalue weighted by molar-refractivity contribution is 5.76. The molecule has 104 valence electrons. The molecule has 2 rings (SSSR count). The number of aliphatic carboxylic acids is 1. The Morgan fingerprint density at radius 2 is 2.42 bits per heavy atom. The lowest BCUT2D eigenvalue weighted by atomic mass is 10.1. The molecule has 1 aliphatic rings. The molecule has 2 heterocycles. The first-order valence-corrected chi connectivity index (χ1v) is 6.40. The first-order chi connectivity index (χ1) is 9.16. The van der Waals surface area contributed by atoms with Gasteiger partial charge in [-0.1, -0.05) is 0 Å². The van der Waals surface area contributed by atoms with Gasteiger partial charge in [0.1, 0.15) is 0 Å². The van der Waals surface area contributed by atoms with E-state index in [2.05, 4.69) is 15.3 Å². The molecule has 0 radical (unpaired) electrons. The lowest BCUT2D eigenvalue weighted by molar-refractivity contribution is -0.137. The van der Waals surface area contributed by atoms with Gasteiger partial charge in [-0.05, 0) is 12.8 Å². The Kier molecular flexibility index (Phi) is 4.38. The van der Waals surface area contributed by atoms with Crippen molar-refractivity contribution in [2.75, 3.05) is 13.1 Å². The van der Waals surface area contributed by atoms with Crippen LogP contribution in [0, 0.1) is 0 Å². The van der Waals surface area contributed by atoms with Gasteiger partial charge in [-0.25, -0.2) is 9.78 Å². The molecule has 7 heteroatoms. The predicted molar refractivity (Wildman–Crippen MR) is 67.7 cm³/mol.